The summed E-state index contributed by atoms with van der Waals surface area (Å²) in [6.45, 7) is 5.62. The van der Waals surface area contributed by atoms with Gasteiger partial charge in [0.25, 0.3) is 0 Å². The van der Waals surface area contributed by atoms with Gasteiger partial charge in [-0.15, -0.1) is 0 Å². The van der Waals surface area contributed by atoms with Crippen LogP contribution in [0.2, 0.25) is 0 Å². The molecule has 1 rings (SSSR count). The maximum atomic E-state index is 13.4. The Morgan fingerprint density at radius 3 is 2.14 bits per heavy atom. The van der Waals surface area contributed by atoms with Crippen LogP contribution < -0.4 is 5.32 Å². The minimum atomic E-state index is -0.520. The molecule has 0 fully saturated rings. The molecule has 3 nitrogen and oxygen atoms in total. The topological polar surface area (TPSA) is 18.5 Å². The van der Waals surface area contributed by atoms with Gasteiger partial charge in [-0.2, -0.15) is 0 Å². The molecule has 0 aliphatic carbocycles. The fourth-order valence-corrected chi connectivity index (χ4v) is 2.24. The number of hydrogen-bond acceptors (Lipinski definition) is 3. The van der Waals surface area contributed by atoms with Crippen molar-refractivity contribution in [2.24, 2.45) is 0 Å². The molecular weight excluding hydrogens is 272 g/mol. The number of halogens is 2. The zero-order chi connectivity index (χ0) is 15.8. The number of nitrogens with one attached hydrogen (secondary N) is 1. The van der Waals surface area contributed by atoms with Crippen molar-refractivity contribution in [1.82, 2.24) is 15.1 Å². The molecule has 1 aromatic rings. The second-order valence-corrected chi connectivity index (χ2v) is 5.71. The minimum absolute atomic E-state index is 0.0259. The maximum Gasteiger partial charge on any atom is 0.126 e. The standard InChI is InChI=1S/C16H27F2N3/c1-5-19-16(6-7-21(4)9-8-20(2)3)13-10-14(17)12-15(18)11-13/h10-12,16,19H,5-9H2,1-4H3. The van der Waals surface area contributed by atoms with Crippen molar-refractivity contribution in [2.75, 3.05) is 47.3 Å². The van der Waals surface area contributed by atoms with E-state index in [2.05, 4.69) is 22.2 Å². The first-order valence-electron chi connectivity index (χ1n) is 7.45. The zero-order valence-electron chi connectivity index (χ0n) is 13.5. The molecule has 0 bridgehead atoms. The predicted molar refractivity (Wildman–Crippen MR) is 83.4 cm³/mol. The average Bonchev–Trinajstić information content (AvgIpc) is 2.40. The Morgan fingerprint density at radius 1 is 1.00 bits per heavy atom. The molecule has 0 aliphatic rings. The maximum absolute atomic E-state index is 13.4. The van der Waals surface area contributed by atoms with Crippen molar-refractivity contribution in [3.05, 3.63) is 35.4 Å². The molecule has 21 heavy (non-hydrogen) atoms. The Balaban J connectivity index is 2.60. The van der Waals surface area contributed by atoms with Crippen molar-refractivity contribution in [1.29, 1.82) is 0 Å². The van der Waals surface area contributed by atoms with Crippen LogP contribution in [0, 0.1) is 11.6 Å². The highest BCUT2D eigenvalue weighted by molar-refractivity contribution is 5.21. The van der Waals surface area contributed by atoms with Crippen molar-refractivity contribution < 1.29 is 8.78 Å². The summed E-state index contributed by atoms with van der Waals surface area (Å²) < 4.78 is 26.7. The number of benzene rings is 1. The molecule has 0 amide bonds. The van der Waals surface area contributed by atoms with Crippen LogP contribution in [0.4, 0.5) is 8.78 Å². The van der Waals surface area contributed by atoms with E-state index < -0.39 is 11.6 Å². The smallest absolute Gasteiger partial charge is 0.126 e. The highest BCUT2D eigenvalue weighted by atomic mass is 19.1. The molecule has 0 spiro atoms. The van der Waals surface area contributed by atoms with Gasteiger partial charge in [0, 0.05) is 25.2 Å². The van der Waals surface area contributed by atoms with Gasteiger partial charge in [0.1, 0.15) is 11.6 Å². The summed E-state index contributed by atoms with van der Waals surface area (Å²) in [5.74, 6) is -1.04. The van der Waals surface area contributed by atoms with E-state index in [1.54, 1.807) is 0 Å². The molecule has 0 aromatic heterocycles. The average molecular weight is 299 g/mol. The van der Waals surface area contributed by atoms with Crippen molar-refractivity contribution in [3.63, 3.8) is 0 Å². The van der Waals surface area contributed by atoms with Crippen molar-refractivity contribution in [2.45, 2.75) is 19.4 Å². The summed E-state index contributed by atoms with van der Waals surface area (Å²) in [6.07, 6.45) is 0.820. The van der Waals surface area contributed by atoms with E-state index in [0.717, 1.165) is 38.7 Å². The first kappa shape index (κ1) is 18.0. The van der Waals surface area contributed by atoms with E-state index in [1.807, 2.05) is 21.0 Å². The lowest BCUT2D eigenvalue weighted by Crippen LogP contribution is -2.32. The van der Waals surface area contributed by atoms with Gasteiger partial charge in [-0.25, -0.2) is 8.78 Å². The molecule has 5 heteroatoms. The Bertz CT molecular complexity index is 404. The largest absolute Gasteiger partial charge is 0.310 e. The summed E-state index contributed by atoms with van der Waals surface area (Å²) in [6, 6.07) is 3.71. The Labute approximate surface area is 126 Å². The van der Waals surface area contributed by atoms with Crippen LogP contribution >= 0.6 is 0 Å². The van der Waals surface area contributed by atoms with Crippen LogP contribution in [0.1, 0.15) is 24.9 Å². The summed E-state index contributed by atoms with van der Waals surface area (Å²) in [7, 11) is 6.16. The number of nitrogens with zero attached hydrogens (tertiary/aromatic N) is 2. The van der Waals surface area contributed by atoms with E-state index >= 15 is 0 Å². The van der Waals surface area contributed by atoms with Gasteiger partial charge in [-0.3, -0.25) is 0 Å². The third-order valence-corrected chi connectivity index (χ3v) is 3.47. The number of hydrogen-bond donors (Lipinski definition) is 1. The summed E-state index contributed by atoms with van der Waals surface area (Å²) in [5, 5.41) is 3.30. The monoisotopic (exact) mass is 299 g/mol. The lowest BCUT2D eigenvalue weighted by atomic mass is 10.0. The number of likely N-dealkylation sites (N-methyl/N-ethyl adjacent to an activating group) is 2. The highest BCUT2D eigenvalue weighted by Gasteiger charge is 2.13. The fraction of sp³-hybridized carbons (Fsp3) is 0.625. The van der Waals surface area contributed by atoms with E-state index in [9.17, 15) is 8.78 Å². The van der Waals surface area contributed by atoms with Gasteiger partial charge in [-0.1, -0.05) is 6.92 Å². The summed E-state index contributed by atoms with van der Waals surface area (Å²) in [4.78, 5) is 4.38. The highest BCUT2D eigenvalue weighted by Crippen LogP contribution is 2.19. The van der Waals surface area contributed by atoms with E-state index in [0.29, 0.717) is 5.56 Å². The Kier molecular flexibility index (Phi) is 7.78. The van der Waals surface area contributed by atoms with Crippen LogP contribution in [0.15, 0.2) is 18.2 Å². The lowest BCUT2D eigenvalue weighted by Gasteiger charge is -2.24. The van der Waals surface area contributed by atoms with Gasteiger partial charge in [-0.05, 0) is 58.3 Å². The van der Waals surface area contributed by atoms with Crippen LogP contribution in [0.5, 0.6) is 0 Å². The predicted octanol–water partition coefficient (Wildman–Crippen LogP) is 2.50. The quantitative estimate of drug-likeness (QED) is 0.756. The molecule has 120 valence electrons. The molecule has 1 aromatic carbocycles. The molecule has 0 heterocycles. The fourth-order valence-electron chi connectivity index (χ4n) is 2.24. The van der Waals surface area contributed by atoms with Crippen LogP contribution in [0.3, 0.4) is 0 Å². The van der Waals surface area contributed by atoms with Gasteiger partial charge in [0.2, 0.25) is 0 Å². The zero-order valence-corrected chi connectivity index (χ0v) is 13.5. The van der Waals surface area contributed by atoms with Crippen molar-refractivity contribution in [3.8, 4) is 0 Å². The third-order valence-electron chi connectivity index (χ3n) is 3.47. The molecule has 0 radical (unpaired) electrons. The molecule has 0 aliphatic heterocycles. The number of rotatable bonds is 9. The molecule has 0 saturated heterocycles. The van der Waals surface area contributed by atoms with Crippen LogP contribution in [-0.2, 0) is 0 Å². The molecule has 0 saturated carbocycles. The molecular formula is C16H27F2N3. The van der Waals surface area contributed by atoms with Gasteiger partial charge < -0.3 is 15.1 Å². The van der Waals surface area contributed by atoms with Gasteiger partial charge >= 0.3 is 0 Å². The normalized spacial score (nSPS) is 13.1. The van der Waals surface area contributed by atoms with Crippen LogP contribution in [0.25, 0.3) is 0 Å². The Morgan fingerprint density at radius 2 is 1.62 bits per heavy atom. The van der Waals surface area contributed by atoms with E-state index in [1.165, 1.54) is 12.1 Å². The molecule has 1 unspecified atom stereocenters. The van der Waals surface area contributed by atoms with Crippen molar-refractivity contribution >= 4 is 0 Å². The van der Waals surface area contributed by atoms with Crippen LogP contribution in [-0.4, -0.2) is 57.1 Å². The third kappa shape index (κ3) is 6.98. The second-order valence-electron chi connectivity index (χ2n) is 5.71. The summed E-state index contributed by atoms with van der Waals surface area (Å²) in [5.41, 5.74) is 0.676. The lowest BCUT2D eigenvalue weighted by molar-refractivity contribution is 0.268. The first-order chi connectivity index (χ1) is 9.92. The first-order valence-corrected chi connectivity index (χ1v) is 7.45. The molecule has 1 atom stereocenters. The second kappa shape index (κ2) is 9.07. The SMILES string of the molecule is CCNC(CCN(C)CCN(C)C)c1cc(F)cc(F)c1. The van der Waals surface area contributed by atoms with Gasteiger partial charge in [0.15, 0.2) is 0 Å². The van der Waals surface area contributed by atoms with E-state index in [-0.39, 0.29) is 6.04 Å². The minimum Gasteiger partial charge on any atom is -0.310 e. The van der Waals surface area contributed by atoms with E-state index in [4.69, 9.17) is 0 Å². The summed E-state index contributed by atoms with van der Waals surface area (Å²) >= 11 is 0. The van der Waals surface area contributed by atoms with Gasteiger partial charge in [0.05, 0.1) is 0 Å². The Hall–Kier alpha value is -1.04. The molecule has 1 N–H and O–H groups in total.